The van der Waals surface area contributed by atoms with Crippen LogP contribution in [-0.2, 0) is 17.6 Å². The van der Waals surface area contributed by atoms with E-state index < -0.39 is 5.60 Å². The van der Waals surface area contributed by atoms with E-state index in [4.69, 9.17) is 25.8 Å². The molecule has 0 aliphatic carbocycles. The van der Waals surface area contributed by atoms with E-state index >= 15 is 0 Å². The molecule has 0 fully saturated rings. The number of fused-ring (bicyclic) bond motifs is 1. The molecule has 1 heterocycles. The highest BCUT2D eigenvalue weighted by Gasteiger charge is 2.26. The predicted molar refractivity (Wildman–Crippen MR) is 89.8 cm³/mol. The fraction of sp³-hybridized carbons (Fsp3) is 0.588. The molecule has 0 spiro atoms. The molecule has 0 atom stereocenters. The summed E-state index contributed by atoms with van der Waals surface area (Å²) in [6, 6.07) is 1.94. The third kappa shape index (κ3) is 4.02. The average molecular weight is 342 g/mol. The lowest BCUT2D eigenvalue weighted by atomic mass is 10.0. The molecule has 2 rings (SSSR count). The van der Waals surface area contributed by atoms with Crippen LogP contribution in [-0.4, -0.2) is 43.9 Å². The van der Waals surface area contributed by atoms with Crippen LogP contribution in [0.2, 0.25) is 5.02 Å². The standard InChI is InChI=1S/C17H24ClNO4/c1-17(2,3)23-16(20)19-8-6-11-10-13(21-4)15(22-5)14(18)12(11)7-9-19/h10H,6-9H2,1-5H3. The van der Waals surface area contributed by atoms with E-state index in [2.05, 4.69) is 0 Å². The van der Waals surface area contributed by atoms with Crippen molar-refractivity contribution in [2.75, 3.05) is 27.3 Å². The van der Waals surface area contributed by atoms with Gasteiger partial charge in [-0.2, -0.15) is 0 Å². The summed E-state index contributed by atoms with van der Waals surface area (Å²) in [7, 11) is 3.16. The molecule has 23 heavy (non-hydrogen) atoms. The topological polar surface area (TPSA) is 48.0 Å². The fourth-order valence-corrected chi connectivity index (χ4v) is 3.04. The first-order valence-corrected chi connectivity index (χ1v) is 8.04. The van der Waals surface area contributed by atoms with Crippen LogP contribution in [0.3, 0.4) is 0 Å². The minimum Gasteiger partial charge on any atom is -0.493 e. The van der Waals surface area contributed by atoms with Gasteiger partial charge in [-0.25, -0.2) is 4.79 Å². The van der Waals surface area contributed by atoms with E-state index in [0.29, 0.717) is 42.5 Å². The van der Waals surface area contributed by atoms with E-state index in [1.54, 1.807) is 19.1 Å². The van der Waals surface area contributed by atoms with Crippen molar-refractivity contribution in [2.24, 2.45) is 0 Å². The Balaban J connectivity index is 2.23. The van der Waals surface area contributed by atoms with Crippen molar-refractivity contribution in [1.29, 1.82) is 0 Å². The van der Waals surface area contributed by atoms with Crippen LogP contribution < -0.4 is 9.47 Å². The van der Waals surface area contributed by atoms with Gasteiger partial charge in [0.25, 0.3) is 0 Å². The molecule has 0 N–H and O–H groups in total. The zero-order valence-corrected chi connectivity index (χ0v) is 15.1. The van der Waals surface area contributed by atoms with Crippen molar-refractivity contribution < 1.29 is 19.0 Å². The molecule has 0 unspecified atom stereocenters. The van der Waals surface area contributed by atoms with Crippen molar-refractivity contribution in [1.82, 2.24) is 4.90 Å². The number of carbonyl (C=O) groups is 1. The molecule has 6 heteroatoms. The molecule has 1 aromatic rings. The second-order valence-electron chi connectivity index (χ2n) is 6.53. The number of carbonyl (C=O) groups excluding carboxylic acids is 1. The second-order valence-corrected chi connectivity index (χ2v) is 6.91. The Morgan fingerprint density at radius 2 is 1.83 bits per heavy atom. The van der Waals surface area contributed by atoms with Crippen LogP contribution in [0.1, 0.15) is 31.9 Å². The van der Waals surface area contributed by atoms with E-state index in [-0.39, 0.29) is 6.09 Å². The van der Waals surface area contributed by atoms with E-state index in [1.165, 1.54) is 0 Å². The van der Waals surface area contributed by atoms with Crippen LogP contribution in [0.4, 0.5) is 4.79 Å². The third-order valence-corrected chi connectivity index (χ3v) is 4.14. The van der Waals surface area contributed by atoms with Crippen LogP contribution in [0.25, 0.3) is 0 Å². The minimum atomic E-state index is -0.500. The van der Waals surface area contributed by atoms with Crippen LogP contribution >= 0.6 is 11.6 Å². The molecule has 1 aliphatic heterocycles. The summed E-state index contributed by atoms with van der Waals surface area (Å²) in [4.78, 5) is 14.0. The number of rotatable bonds is 2. The number of nitrogens with zero attached hydrogens (tertiary/aromatic N) is 1. The Morgan fingerprint density at radius 1 is 1.17 bits per heavy atom. The number of hydrogen-bond donors (Lipinski definition) is 0. The summed E-state index contributed by atoms with van der Waals surface area (Å²) in [6.07, 6.45) is 1.07. The molecule has 0 aromatic heterocycles. The first kappa shape index (κ1) is 17.7. The Kier molecular flexibility index (Phi) is 5.30. The lowest BCUT2D eigenvalue weighted by molar-refractivity contribution is 0.0258. The molecule has 1 amide bonds. The monoisotopic (exact) mass is 341 g/mol. The van der Waals surface area contributed by atoms with Gasteiger partial charge in [-0.3, -0.25) is 0 Å². The molecule has 5 nitrogen and oxygen atoms in total. The van der Waals surface area contributed by atoms with Crippen molar-refractivity contribution in [2.45, 2.75) is 39.2 Å². The van der Waals surface area contributed by atoms with Gasteiger partial charge >= 0.3 is 6.09 Å². The Hall–Kier alpha value is -1.62. The van der Waals surface area contributed by atoms with Gasteiger partial charge in [-0.1, -0.05) is 11.6 Å². The van der Waals surface area contributed by atoms with Gasteiger partial charge < -0.3 is 19.1 Å². The Labute approximate surface area is 142 Å². The molecule has 128 valence electrons. The van der Waals surface area contributed by atoms with Crippen LogP contribution in [0.5, 0.6) is 11.5 Å². The number of hydrogen-bond acceptors (Lipinski definition) is 4. The van der Waals surface area contributed by atoms with Gasteiger partial charge in [-0.15, -0.1) is 0 Å². The van der Waals surface area contributed by atoms with Crippen LogP contribution in [0, 0.1) is 0 Å². The number of methoxy groups -OCH3 is 2. The maximum atomic E-state index is 12.3. The average Bonchev–Trinajstić information content (AvgIpc) is 2.68. The van der Waals surface area contributed by atoms with E-state index in [1.807, 2.05) is 26.8 Å². The number of halogens is 1. The van der Waals surface area contributed by atoms with Crippen molar-refractivity contribution in [3.63, 3.8) is 0 Å². The number of amides is 1. The molecule has 0 radical (unpaired) electrons. The van der Waals surface area contributed by atoms with Gasteiger partial charge in [0, 0.05) is 13.1 Å². The van der Waals surface area contributed by atoms with Crippen LogP contribution in [0.15, 0.2) is 6.07 Å². The van der Waals surface area contributed by atoms with Gasteiger partial charge in [-0.05, 0) is 50.8 Å². The molecule has 0 bridgehead atoms. The normalized spacial score (nSPS) is 14.8. The van der Waals surface area contributed by atoms with Gasteiger partial charge in [0.05, 0.1) is 19.2 Å². The van der Waals surface area contributed by atoms with Crippen molar-refractivity contribution in [3.8, 4) is 11.5 Å². The summed E-state index contributed by atoms with van der Waals surface area (Å²) in [5.74, 6) is 1.15. The summed E-state index contributed by atoms with van der Waals surface area (Å²) in [5.41, 5.74) is 1.59. The smallest absolute Gasteiger partial charge is 0.410 e. The molecular formula is C17H24ClNO4. The Morgan fingerprint density at radius 3 is 2.39 bits per heavy atom. The van der Waals surface area contributed by atoms with E-state index in [9.17, 15) is 4.79 Å². The van der Waals surface area contributed by atoms with Crippen molar-refractivity contribution in [3.05, 3.63) is 22.2 Å². The molecule has 1 aliphatic rings. The minimum absolute atomic E-state index is 0.291. The highest BCUT2D eigenvalue weighted by Crippen LogP contribution is 2.40. The Bertz CT molecular complexity index is 595. The zero-order valence-electron chi connectivity index (χ0n) is 14.4. The number of ether oxygens (including phenoxy) is 3. The molecular weight excluding hydrogens is 318 g/mol. The summed E-state index contributed by atoms with van der Waals surface area (Å²) in [6.45, 7) is 6.75. The third-order valence-electron chi connectivity index (χ3n) is 3.74. The summed E-state index contributed by atoms with van der Waals surface area (Å²) < 4.78 is 16.2. The van der Waals surface area contributed by atoms with E-state index in [0.717, 1.165) is 11.1 Å². The fourth-order valence-electron chi connectivity index (χ4n) is 2.66. The highest BCUT2D eigenvalue weighted by molar-refractivity contribution is 6.33. The quantitative estimate of drug-likeness (QED) is 0.823. The maximum Gasteiger partial charge on any atom is 0.410 e. The van der Waals surface area contributed by atoms with Gasteiger partial charge in [0.2, 0.25) is 0 Å². The lowest BCUT2D eigenvalue weighted by Gasteiger charge is -2.26. The van der Waals surface area contributed by atoms with Gasteiger partial charge in [0.1, 0.15) is 5.60 Å². The SMILES string of the molecule is COc1cc2c(c(Cl)c1OC)CCN(C(=O)OC(C)(C)C)CC2. The molecule has 0 saturated carbocycles. The zero-order chi connectivity index (χ0) is 17.2. The largest absolute Gasteiger partial charge is 0.493 e. The highest BCUT2D eigenvalue weighted by atomic mass is 35.5. The lowest BCUT2D eigenvalue weighted by Crippen LogP contribution is -2.38. The van der Waals surface area contributed by atoms with Gasteiger partial charge in [0.15, 0.2) is 11.5 Å². The molecule has 0 saturated heterocycles. The molecule has 1 aromatic carbocycles. The predicted octanol–water partition coefficient (Wildman–Crippen LogP) is 3.69. The summed E-state index contributed by atoms with van der Waals surface area (Å²) >= 11 is 6.48. The second kappa shape index (κ2) is 6.87. The maximum absolute atomic E-state index is 12.3. The number of benzene rings is 1. The first-order valence-electron chi connectivity index (χ1n) is 7.67. The summed E-state index contributed by atoms with van der Waals surface area (Å²) in [5, 5.41) is 0.563. The van der Waals surface area contributed by atoms with Crippen molar-refractivity contribution >= 4 is 17.7 Å². The first-order chi connectivity index (χ1) is 10.8.